The van der Waals surface area contributed by atoms with E-state index in [0.717, 1.165) is 27.7 Å². The zero-order valence-corrected chi connectivity index (χ0v) is 23.0. The molecule has 0 fully saturated rings. The van der Waals surface area contributed by atoms with Crippen molar-refractivity contribution in [2.75, 3.05) is 14.2 Å². The van der Waals surface area contributed by atoms with Crippen LogP contribution in [0.5, 0.6) is 11.5 Å². The number of aryl methyl sites for hydroxylation is 1. The number of benzene rings is 3. The summed E-state index contributed by atoms with van der Waals surface area (Å²) < 4.78 is 14.5. The Kier molecular flexibility index (Phi) is 8.21. The predicted molar refractivity (Wildman–Crippen MR) is 154 cm³/mol. The number of nitrogens with zero attached hydrogens (tertiary/aromatic N) is 6. The monoisotopic (exact) mass is 553 g/mol. The number of hydrogen-bond acceptors (Lipinski definition) is 8. The Hall–Kier alpha value is -4.90. The lowest BCUT2D eigenvalue weighted by atomic mass is 10.1. The first-order chi connectivity index (χ1) is 19.6. The summed E-state index contributed by atoms with van der Waals surface area (Å²) in [4.78, 5) is 12.8. The van der Waals surface area contributed by atoms with Gasteiger partial charge in [-0.1, -0.05) is 42.1 Å². The van der Waals surface area contributed by atoms with Crippen molar-refractivity contribution < 1.29 is 14.3 Å². The fourth-order valence-corrected chi connectivity index (χ4v) is 4.77. The molecule has 0 saturated heterocycles. The van der Waals surface area contributed by atoms with Gasteiger partial charge in [0.1, 0.15) is 12.0 Å². The van der Waals surface area contributed by atoms with Gasteiger partial charge >= 0.3 is 0 Å². The van der Waals surface area contributed by atoms with Gasteiger partial charge in [0.2, 0.25) is 0 Å². The van der Waals surface area contributed by atoms with Crippen LogP contribution in [0.2, 0.25) is 0 Å². The highest BCUT2D eigenvalue weighted by atomic mass is 32.2. The van der Waals surface area contributed by atoms with Gasteiger partial charge in [-0.2, -0.15) is 10.2 Å². The minimum Gasteiger partial charge on any atom is -0.493 e. The molecule has 0 saturated carbocycles. The van der Waals surface area contributed by atoms with Gasteiger partial charge in [-0.3, -0.25) is 4.79 Å². The molecule has 0 unspecified atom stereocenters. The molecule has 1 N–H and O–H groups in total. The van der Waals surface area contributed by atoms with Gasteiger partial charge in [0.25, 0.3) is 5.91 Å². The van der Waals surface area contributed by atoms with E-state index >= 15 is 0 Å². The lowest BCUT2D eigenvalue weighted by Gasteiger charge is -2.09. The molecule has 2 heterocycles. The van der Waals surface area contributed by atoms with Gasteiger partial charge < -0.3 is 14.0 Å². The van der Waals surface area contributed by atoms with Crippen LogP contribution in [0.25, 0.3) is 16.9 Å². The molecule has 5 rings (SSSR count). The number of hydrogen-bond donors (Lipinski definition) is 1. The molecule has 5 aromatic rings. The van der Waals surface area contributed by atoms with Crippen LogP contribution in [0.3, 0.4) is 0 Å². The van der Waals surface area contributed by atoms with E-state index in [9.17, 15) is 4.79 Å². The molecular weight excluding hydrogens is 526 g/mol. The number of aromatic nitrogens is 5. The van der Waals surface area contributed by atoms with E-state index in [1.807, 2.05) is 78.5 Å². The van der Waals surface area contributed by atoms with E-state index in [4.69, 9.17) is 14.6 Å². The summed E-state index contributed by atoms with van der Waals surface area (Å²) in [6.45, 7) is 0. The third-order valence-electron chi connectivity index (χ3n) is 6.04. The smallest absolute Gasteiger partial charge is 0.271 e. The number of carbonyl (C=O) groups excluding carboxylic acids is 1. The molecule has 0 atom stereocenters. The first kappa shape index (κ1) is 26.7. The number of thioether (sulfide) groups is 1. The maximum absolute atomic E-state index is 12.8. The topological polar surface area (TPSA) is 108 Å². The molecule has 202 valence electrons. The molecule has 40 heavy (non-hydrogen) atoms. The molecular formula is C29H27N7O3S. The molecule has 0 spiro atoms. The summed E-state index contributed by atoms with van der Waals surface area (Å²) in [5, 5.41) is 17.8. The largest absolute Gasteiger partial charge is 0.493 e. The molecule has 0 aliphatic rings. The van der Waals surface area contributed by atoms with E-state index in [0.29, 0.717) is 28.3 Å². The number of nitrogens with one attached hydrogen (secondary N) is 1. The van der Waals surface area contributed by atoms with Crippen LogP contribution in [-0.4, -0.2) is 50.9 Å². The van der Waals surface area contributed by atoms with Crippen molar-refractivity contribution in [3.8, 4) is 28.4 Å². The number of methoxy groups -OCH3 is 2. The first-order valence-corrected chi connectivity index (χ1v) is 13.3. The molecule has 1 amide bonds. The molecule has 10 nitrogen and oxygen atoms in total. The van der Waals surface area contributed by atoms with E-state index in [1.165, 1.54) is 0 Å². The number of amides is 1. The van der Waals surface area contributed by atoms with E-state index in [2.05, 4.69) is 20.7 Å². The van der Waals surface area contributed by atoms with Gasteiger partial charge in [-0.05, 0) is 48.0 Å². The first-order valence-electron chi connectivity index (χ1n) is 12.3. The molecule has 11 heteroatoms. The van der Waals surface area contributed by atoms with Crippen molar-refractivity contribution in [3.63, 3.8) is 0 Å². The fraction of sp³-hybridized carbons (Fsp3) is 0.138. The number of rotatable bonds is 10. The molecule has 0 aliphatic carbocycles. The van der Waals surface area contributed by atoms with Crippen LogP contribution in [0.1, 0.15) is 21.5 Å². The minimum atomic E-state index is -0.313. The van der Waals surface area contributed by atoms with Crippen LogP contribution in [-0.2, 0) is 12.8 Å². The van der Waals surface area contributed by atoms with Gasteiger partial charge in [0.05, 0.1) is 26.1 Å². The van der Waals surface area contributed by atoms with Gasteiger partial charge in [-0.15, -0.1) is 10.2 Å². The van der Waals surface area contributed by atoms with Crippen LogP contribution in [0.15, 0.2) is 95.6 Å². The molecule has 0 bridgehead atoms. The molecule has 2 aromatic heterocycles. The van der Waals surface area contributed by atoms with Crippen LogP contribution < -0.4 is 14.9 Å². The Balaban J connectivity index is 1.32. The lowest BCUT2D eigenvalue weighted by Crippen LogP contribution is -2.17. The molecule has 3 aromatic carbocycles. The third-order valence-corrected chi connectivity index (χ3v) is 7.15. The van der Waals surface area contributed by atoms with Gasteiger partial charge in [0.15, 0.2) is 16.7 Å². The second-order valence-corrected chi connectivity index (χ2v) is 9.63. The fourth-order valence-electron chi connectivity index (χ4n) is 3.93. The summed E-state index contributed by atoms with van der Waals surface area (Å²) in [6.07, 6.45) is 5.11. The summed E-state index contributed by atoms with van der Waals surface area (Å²) in [5.41, 5.74) is 7.29. The van der Waals surface area contributed by atoms with E-state index in [1.54, 1.807) is 55.3 Å². The zero-order valence-electron chi connectivity index (χ0n) is 22.2. The predicted octanol–water partition coefficient (Wildman–Crippen LogP) is 4.74. The van der Waals surface area contributed by atoms with Gasteiger partial charge in [-0.25, -0.2) is 10.1 Å². The average molecular weight is 554 g/mol. The number of ether oxygens (including phenoxy) is 2. The number of para-hydroxylation sites is 1. The van der Waals surface area contributed by atoms with Crippen molar-refractivity contribution in [2.24, 2.45) is 12.1 Å². The summed E-state index contributed by atoms with van der Waals surface area (Å²) in [6, 6.07) is 22.7. The Bertz CT molecular complexity index is 1630. The lowest BCUT2D eigenvalue weighted by molar-refractivity contribution is 0.0955. The maximum Gasteiger partial charge on any atom is 0.271 e. The van der Waals surface area contributed by atoms with Crippen LogP contribution >= 0.6 is 11.8 Å². The van der Waals surface area contributed by atoms with E-state index < -0.39 is 0 Å². The van der Waals surface area contributed by atoms with Crippen molar-refractivity contribution >= 4 is 23.9 Å². The second-order valence-electron chi connectivity index (χ2n) is 8.69. The minimum absolute atomic E-state index is 0.313. The van der Waals surface area contributed by atoms with Crippen molar-refractivity contribution in [1.82, 2.24) is 30.0 Å². The summed E-state index contributed by atoms with van der Waals surface area (Å²) in [7, 11) is 5.08. The number of hydrazone groups is 1. The molecule has 0 aliphatic heterocycles. The Morgan fingerprint density at radius 3 is 2.50 bits per heavy atom. The van der Waals surface area contributed by atoms with Crippen molar-refractivity contribution in [3.05, 3.63) is 102 Å². The van der Waals surface area contributed by atoms with E-state index in [-0.39, 0.29) is 5.91 Å². The zero-order chi connectivity index (χ0) is 27.9. The quantitative estimate of drug-likeness (QED) is 0.151. The van der Waals surface area contributed by atoms with Crippen LogP contribution in [0.4, 0.5) is 0 Å². The highest BCUT2D eigenvalue weighted by molar-refractivity contribution is 7.98. The summed E-state index contributed by atoms with van der Waals surface area (Å²) in [5.74, 6) is 1.61. The normalized spacial score (nSPS) is 11.1. The number of carbonyl (C=O) groups is 1. The van der Waals surface area contributed by atoms with Crippen LogP contribution in [0, 0.1) is 0 Å². The highest BCUT2D eigenvalue weighted by Crippen LogP contribution is 2.33. The molecule has 0 radical (unpaired) electrons. The van der Waals surface area contributed by atoms with Crippen molar-refractivity contribution in [1.29, 1.82) is 0 Å². The average Bonchev–Trinajstić information content (AvgIpc) is 3.62. The van der Waals surface area contributed by atoms with Gasteiger partial charge in [0, 0.05) is 35.7 Å². The third kappa shape index (κ3) is 6.05. The SMILES string of the molecule is COc1ccc(-c2nn(-c3ccccc3)cc2/C=N\NC(=O)c2ccc(CSc3nncn3C)cc2)cc1OC. The highest BCUT2D eigenvalue weighted by Gasteiger charge is 2.14. The Morgan fingerprint density at radius 1 is 1.02 bits per heavy atom. The summed E-state index contributed by atoms with van der Waals surface area (Å²) >= 11 is 1.58. The Labute approximate surface area is 235 Å². The Morgan fingerprint density at radius 2 is 1.80 bits per heavy atom. The van der Waals surface area contributed by atoms with Crippen molar-refractivity contribution in [2.45, 2.75) is 10.9 Å². The second kappa shape index (κ2) is 12.3. The maximum atomic E-state index is 12.8. The standard InChI is InChI=1S/C29H27N7O3S/c1-35-19-31-33-29(35)40-18-20-9-11-21(12-10-20)28(37)32-30-16-23-17-36(24-7-5-4-6-8-24)34-27(23)22-13-14-25(38-2)26(15-22)39-3/h4-17,19H,18H2,1-3H3,(H,32,37)/b30-16-.